The molecular weight excluding hydrogens is 368 g/mol. The first-order valence-electron chi connectivity index (χ1n) is 8.99. The van der Waals surface area contributed by atoms with E-state index in [1.807, 2.05) is 0 Å². The Morgan fingerprint density at radius 3 is 2.68 bits per heavy atom. The molecule has 0 spiro atoms. The molecule has 1 aromatic carbocycles. The fraction of sp³-hybridized carbons (Fsp3) is 0.421. The van der Waals surface area contributed by atoms with Gasteiger partial charge in [-0.25, -0.2) is 9.59 Å². The Bertz CT molecular complexity index is 819. The number of benzene rings is 1. The standard InChI is InChI=1S/C19H22N2O7/c1-3-25-18(23)17-11(2)20-19(24)21-13(17)10-28-16(22)9-12-4-5-14-15(8-12)27-7-6-26-14/h4-5,8,11H,3,6-7,9-10H2,1-2H3,(H2,20,21,24). The van der Waals surface area contributed by atoms with Crippen LogP contribution in [0.2, 0.25) is 0 Å². The number of ether oxygens (including phenoxy) is 4. The van der Waals surface area contributed by atoms with Gasteiger partial charge >= 0.3 is 18.0 Å². The molecule has 0 saturated carbocycles. The first-order valence-corrected chi connectivity index (χ1v) is 8.99. The molecule has 0 radical (unpaired) electrons. The highest BCUT2D eigenvalue weighted by atomic mass is 16.6. The minimum atomic E-state index is -0.569. The summed E-state index contributed by atoms with van der Waals surface area (Å²) in [4.78, 5) is 36.1. The average molecular weight is 390 g/mol. The predicted molar refractivity (Wildman–Crippen MR) is 96.9 cm³/mol. The summed E-state index contributed by atoms with van der Waals surface area (Å²) in [5.74, 6) is 0.149. The molecule has 0 aromatic heterocycles. The number of urea groups is 1. The molecule has 1 atom stereocenters. The third kappa shape index (κ3) is 4.54. The van der Waals surface area contributed by atoms with Crippen LogP contribution in [0.4, 0.5) is 4.79 Å². The molecule has 150 valence electrons. The Kier molecular flexibility index (Phi) is 6.03. The molecule has 2 N–H and O–H groups in total. The van der Waals surface area contributed by atoms with E-state index in [9.17, 15) is 14.4 Å². The molecule has 0 aliphatic carbocycles. The van der Waals surface area contributed by atoms with Gasteiger partial charge in [-0.1, -0.05) is 6.07 Å². The topological polar surface area (TPSA) is 112 Å². The highest BCUT2D eigenvalue weighted by Gasteiger charge is 2.30. The first kappa shape index (κ1) is 19.5. The summed E-state index contributed by atoms with van der Waals surface area (Å²) in [6, 6.07) is 4.20. The van der Waals surface area contributed by atoms with E-state index in [1.165, 1.54) is 0 Å². The lowest BCUT2D eigenvalue weighted by Crippen LogP contribution is -2.50. The van der Waals surface area contributed by atoms with Gasteiger partial charge in [0.25, 0.3) is 0 Å². The van der Waals surface area contributed by atoms with Crippen LogP contribution >= 0.6 is 0 Å². The molecule has 2 aliphatic heterocycles. The van der Waals surface area contributed by atoms with E-state index in [1.54, 1.807) is 32.0 Å². The Morgan fingerprint density at radius 2 is 1.93 bits per heavy atom. The Balaban J connectivity index is 1.65. The Hall–Kier alpha value is -3.23. The molecule has 0 bridgehead atoms. The average Bonchev–Trinajstić information content (AvgIpc) is 2.66. The van der Waals surface area contributed by atoms with E-state index < -0.39 is 24.0 Å². The van der Waals surface area contributed by atoms with Crippen LogP contribution in [0.5, 0.6) is 11.5 Å². The number of hydrogen-bond donors (Lipinski definition) is 2. The summed E-state index contributed by atoms with van der Waals surface area (Å²) in [6.45, 7) is 4.24. The zero-order chi connectivity index (χ0) is 20.1. The van der Waals surface area contributed by atoms with E-state index in [4.69, 9.17) is 18.9 Å². The van der Waals surface area contributed by atoms with Crippen LogP contribution in [0.15, 0.2) is 29.5 Å². The van der Waals surface area contributed by atoms with Crippen molar-refractivity contribution in [3.8, 4) is 11.5 Å². The number of amides is 2. The lowest BCUT2D eigenvalue weighted by molar-refractivity contribution is -0.143. The molecule has 0 saturated heterocycles. The fourth-order valence-corrected chi connectivity index (χ4v) is 2.96. The summed E-state index contributed by atoms with van der Waals surface area (Å²) in [5, 5.41) is 5.09. The number of carbonyl (C=O) groups excluding carboxylic acids is 3. The number of rotatable bonds is 6. The normalized spacial score (nSPS) is 18.1. The van der Waals surface area contributed by atoms with Gasteiger partial charge in [-0.15, -0.1) is 0 Å². The third-order valence-corrected chi connectivity index (χ3v) is 4.20. The molecule has 2 heterocycles. The molecule has 1 aromatic rings. The summed E-state index contributed by atoms with van der Waals surface area (Å²) in [5.41, 5.74) is 1.15. The quantitative estimate of drug-likeness (QED) is 0.699. The highest BCUT2D eigenvalue weighted by molar-refractivity contribution is 5.94. The maximum atomic E-state index is 12.2. The number of nitrogens with one attached hydrogen (secondary N) is 2. The molecule has 9 nitrogen and oxygen atoms in total. The van der Waals surface area contributed by atoms with Gasteiger partial charge < -0.3 is 29.6 Å². The smallest absolute Gasteiger partial charge is 0.338 e. The zero-order valence-electron chi connectivity index (χ0n) is 15.7. The molecule has 0 fully saturated rings. The van der Waals surface area contributed by atoms with E-state index in [-0.39, 0.29) is 30.9 Å². The molecule has 1 unspecified atom stereocenters. The number of esters is 2. The predicted octanol–water partition coefficient (Wildman–Crippen LogP) is 1.06. The third-order valence-electron chi connectivity index (χ3n) is 4.20. The van der Waals surface area contributed by atoms with E-state index >= 15 is 0 Å². The van der Waals surface area contributed by atoms with Gasteiger partial charge in [-0.3, -0.25) is 4.79 Å². The number of carbonyl (C=O) groups is 3. The van der Waals surface area contributed by atoms with Crippen molar-refractivity contribution in [3.63, 3.8) is 0 Å². The first-order chi connectivity index (χ1) is 13.5. The van der Waals surface area contributed by atoms with Crippen LogP contribution in [0.1, 0.15) is 19.4 Å². The molecule has 28 heavy (non-hydrogen) atoms. The van der Waals surface area contributed by atoms with E-state index in [2.05, 4.69) is 10.6 Å². The summed E-state index contributed by atoms with van der Waals surface area (Å²) >= 11 is 0. The SMILES string of the molecule is CCOC(=O)C1=C(COC(=O)Cc2ccc3c(c2)OCCO3)NC(=O)NC1C. The maximum Gasteiger partial charge on any atom is 0.338 e. The van der Waals surface area contributed by atoms with Gasteiger partial charge in [0.1, 0.15) is 19.8 Å². The van der Waals surface area contributed by atoms with Crippen molar-refractivity contribution < 1.29 is 33.3 Å². The highest BCUT2D eigenvalue weighted by Crippen LogP contribution is 2.30. The molecular formula is C19H22N2O7. The minimum absolute atomic E-state index is 0.0143. The number of hydrogen-bond acceptors (Lipinski definition) is 7. The maximum absolute atomic E-state index is 12.2. The van der Waals surface area contributed by atoms with Gasteiger partial charge in [-0.2, -0.15) is 0 Å². The van der Waals surface area contributed by atoms with Crippen LogP contribution in [0.3, 0.4) is 0 Å². The van der Waals surface area contributed by atoms with Crippen molar-refractivity contribution in [2.24, 2.45) is 0 Å². The minimum Gasteiger partial charge on any atom is -0.486 e. The fourth-order valence-electron chi connectivity index (χ4n) is 2.96. The monoisotopic (exact) mass is 390 g/mol. The largest absolute Gasteiger partial charge is 0.486 e. The van der Waals surface area contributed by atoms with Crippen molar-refractivity contribution >= 4 is 18.0 Å². The van der Waals surface area contributed by atoms with Crippen molar-refractivity contribution in [1.82, 2.24) is 10.6 Å². The van der Waals surface area contributed by atoms with Crippen LogP contribution in [0, 0.1) is 0 Å². The van der Waals surface area contributed by atoms with Crippen LogP contribution in [-0.2, 0) is 25.5 Å². The van der Waals surface area contributed by atoms with Gasteiger partial charge in [0.05, 0.1) is 30.3 Å². The Morgan fingerprint density at radius 1 is 1.18 bits per heavy atom. The second-order valence-electron chi connectivity index (χ2n) is 6.25. The molecule has 2 aliphatic rings. The van der Waals surface area contributed by atoms with Gasteiger partial charge in [0.15, 0.2) is 11.5 Å². The lowest BCUT2D eigenvalue weighted by Gasteiger charge is -2.26. The van der Waals surface area contributed by atoms with Crippen LogP contribution in [-0.4, -0.2) is 50.4 Å². The van der Waals surface area contributed by atoms with Crippen LogP contribution in [0.25, 0.3) is 0 Å². The van der Waals surface area contributed by atoms with Crippen molar-refractivity contribution in [1.29, 1.82) is 0 Å². The summed E-state index contributed by atoms with van der Waals surface area (Å²) < 4.78 is 21.2. The summed E-state index contributed by atoms with van der Waals surface area (Å²) in [6.07, 6.45) is 0.0143. The van der Waals surface area contributed by atoms with Crippen molar-refractivity contribution in [3.05, 3.63) is 35.0 Å². The molecule has 3 rings (SSSR count). The molecule has 9 heteroatoms. The van der Waals surface area contributed by atoms with Gasteiger partial charge in [0, 0.05) is 0 Å². The number of fused-ring (bicyclic) bond motifs is 1. The van der Waals surface area contributed by atoms with Crippen molar-refractivity contribution in [2.45, 2.75) is 26.3 Å². The van der Waals surface area contributed by atoms with E-state index in [0.29, 0.717) is 30.3 Å². The summed E-state index contributed by atoms with van der Waals surface area (Å²) in [7, 11) is 0. The zero-order valence-corrected chi connectivity index (χ0v) is 15.7. The van der Waals surface area contributed by atoms with Gasteiger partial charge in [-0.05, 0) is 31.5 Å². The molecule has 2 amide bonds. The Labute approximate surface area is 162 Å². The van der Waals surface area contributed by atoms with Crippen molar-refractivity contribution in [2.75, 3.05) is 26.4 Å². The van der Waals surface area contributed by atoms with Gasteiger partial charge in [0.2, 0.25) is 0 Å². The second kappa shape index (κ2) is 8.64. The van der Waals surface area contributed by atoms with E-state index in [0.717, 1.165) is 0 Å². The van der Waals surface area contributed by atoms with Crippen LogP contribution < -0.4 is 20.1 Å². The lowest BCUT2D eigenvalue weighted by atomic mass is 10.0. The second-order valence-corrected chi connectivity index (χ2v) is 6.25.